The van der Waals surface area contributed by atoms with Gasteiger partial charge in [0.1, 0.15) is 5.75 Å². The first-order valence-corrected chi connectivity index (χ1v) is 6.30. The third-order valence-electron chi connectivity index (χ3n) is 2.91. The lowest BCUT2D eigenvalue weighted by atomic mass is 10.1. The summed E-state index contributed by atoms with van der Waals surface area (Å²) in [5.41, 5.74) is 6.11. The van der Waals surface area contributed by atoms with Crippen LogP contribution >= 0.6 is 0 Å². The summed E-state index contributed by atoms with van der Waals surface area (Å²) < 4.78 is 5.15. The van der Waals surface area contributed by atoms with Gasteiger partial charge < -0.3 is 15.8 Å². The summed E-state index contributed by atoms with van der Waals surface area (Å²) in [6.45, 7) is 3.48. The lowest BCUT2D eigenvalue weighted by molar-refractivity contribution is 0.0949. The molecule has 0 saturated heterocycles. The Morgan fingerprint density at radius 3 is 2.83 bits per heavy atom. The Morgan fingerprint density at radius 2 is 2.17 bits per heavy atom. The maximum Gasteiger partial charge on any atom is 0.255 e. The first-order chi connectivity index (χ1) is 8.69. The number of rotatable bonds is 7. The summed E-state index contributed by atoms with van der Waals surface area (Å²) in [5.74, 6) is 1.02. The molecule has 0 saturated carbocycles. The van der Waals surface area contributed by atoms with Crippen LogP contribution in [0.15, 0.2) is 24.3 Å². The molecule has 4 heteroatoms. The molecule has 0 spiro atoms. The fraction of sp³-hybridized carbons (Fsp3) is 0.500. The minimum Gasteiger partial charge on any atom is -0.496 e. The van der Waals surface area contributed by atoms with Crippen LogP contribution in [-0.4, -0.2) is 26.1 Å². The van der Waals surface area contributed by atoms with Crippen molar-refractivity contribution < 1.29 is 9.53 Å². The first-order valence-electron chi connectivity index (χ1n) is 6.30. The van der Waals surface area contributed by atoms with Crippen molar-refractivity contribution in [2.75, 3.05) is 20.2 Å². The van der Waals surface area contributed by atoms with Crippen molar-refractivity contribution in [1.29, 1.82) is 0 Å². The number of nitrogens with two attached hydrogens (primary N) is 1. The molecule has 0 bridgehead atoms. The van der Waals surface area contributed by atoms with Crippen molar-refractivity contribution in [3.05, 3.63) is 29.8 Å². The zero-order valence-corrected chi connectivity index (χ0v) is 11.1. The molecule has 1 atom stereocenters. The van der Waals surface area contributed by atoms with Crippen LogP contribution in [0.5, 0.6) is 5.75 Å². The second kappa shape index (κ2) is 7.71. The molecule has 0 aliphatic heterocycles. The number of methoxy groups -OCH3 is 1. The predicted octanol–water partition coefficient (Wildman–Crippen LogP) is 1.80. The third kappa shape index (κ3) is 4.37. The van der Waals surface area contributed by atoms with Crippen molar-refractivity contribution in [2.24, 2.45) is 11.7 Å². The van der Waals surface area contributed by atoms with Crippen molar-refractivity contribution in [3.63, 3.8) is 0 Å². The normalized spacial score (nSPS) is 11.9. The van der Waals surface area contributed by atoms with E-state index in [1.807, 2.05) is 12.1 Å². The van der Waals surface area contributed by atoms with E-state index in [9.17, 15) is 4.79 Å². The Labute approximate surface area is 109 Å². The van der Waals surface area contributed by atoms with Crippen LogP contribution < -0.4 is 15.8 Å². The summed E-state index contributed by atoms with van der Waals surface area (Å²) in [7, 11) is 1.56. The molecule has 0 radical (unpaired) electrons. The smallest absolute Gasteiger partial charge is 0.255 e. The number of para-hydroxylation sites is 1. The van der Waals surface area contributed by atoms with E-state index in [1.165, 1.54) is 0 Å². The van der Waals surface area contributed by atoms with Gasteiger partial charge in [0.2, 0.25) is 0 Å². The molecule has 3 N–H and O–H groups in total. The zero-order valence-electron chi connectivity index (χ0n) is 11.1. The van der Waals surface area contributed by atoms with Gasteiger partial charge in [-0.25, -0.2) is 0 Å². The molecule has 1 aromatic carbocycles. The van der Waals surface area contributed by atoms with E-state index in [-0.39, 0.29) is 5.91 Å². The van der Waals surface area contributed by atoms with Gasteiger partial charge in [-0.1, -0.05) is 19.1 Å². The molecule has 1 rings (SSSR count). The fourth-order valence-electron chi connectivity index (χ4n) is 1.70. The van der Waals surface area contributed by atoms with Gasteiger partial charge in [-0.05, 0) is 37.4 Å². The number of benzene rings is 1. The Bertz CT molecular complexity index is 380. The van der Waals surface area contributed by atoms with Crippen molar-refractivity contribution in [2.45, 2.75) is 19.8 Å². The van der Waals surface area contributed by atoms with Gasteiger partial charge in [0.15, 0.2) is 0 Å². The minimum atomic E-state index is -0.0900. The lowest BCUT2D eigenvalue weighted by Crippen LogP contribution is -2.25. The van der Waals surface area contributed by atoms with Crippen molar-refractivity contribution in [3.8, 4) is 5.75 Å². The van der Waals surface area contributed by atoms with Crippen molar-refractivity contribution >= 4 is 5.91 Å². The zero-order chi connectivity index (χ0) is 13.4. The number of hydrogen-bond donors (Lipinski definition) is 2. The third-order valence-corrected chi connectivity index (χ3v) is 2.91. The standard InChI is InChI=1S/C14H22N2O2/c1-11(10-15)6-5-9-16-14(17)12-7-3-4-8-13(12)18-2/h3-4,7-8,11H,5-6,9-10,15H2,1-2H3,(H,16,17). The number of carbonyl (C=O) groups excluding carboxylic acids is 1. The van der Waals surface area contributed by atoms with Gasteiger partial charge >= 0.3 is 0 Å². The highest BCUT2D eigenvalue weighted by Gasteiger charge is 2.10. The molecule has 18 heavy (non-hydrogen) atoms. The van der Waals surface area contributed by atoms with Gasteiger partial charge in [0.05, 0.1) is 12.7 Å². The Balaban J connectivity index is 2.41. The van der Waals surface area contributed by atoms with Gasteiger partial charge in [-0.2, -0.15) is 0 Å². The first kappa shape index (κ1) is 14.5. The van der Waals surface area contributed by atoms with Crippen LogP contribution in [0.3, 0.4) is 0 Å². The van der Waals surface area contributed by atoms with E-state index in [2.05, 4.69) is 12.2 Å². The average molecular weight is 250 g/mol. The predicted molar refractivity (Wildman–Crippen MR) is 72.8 cm³/mol. The Hall–Kier alpha value is -1.55. The van der Waals surface area contributed by atoms with E-state index in [4.69, 9.17) is 10.5 Å². The number of amides is 1. The largest absolute Gasteiger partial charge is 0.496 e. The molecule has 4 nitrogen and oxygen atoms in total. The van der Waals surface area contributed by atoms with E-state index in [1.54, 1.807) is 19.2 Å². The van der Waals surface area contributed by atoms with E-state index in [0.717, 1.165) is 12.8 Å². The van der Waals surface area contributed by atoms with Crippen LogP contribution in [0, 0.1) is 5.92 Å². The molecular weight excluding hydrogens is 228 g/mol. The molecule has 0 aliphatic carbocycles. The summed E-state index contributed by atoms with van der Waals surface area (Å²) in [6.07, 6.45) is 1.97. The second-order valence-corrected chi connectivity index (χ2v) is 4.44. The second-order valence-electron chi connectivity index (χ2n) is 4.44. The molecule has 0 aliphatic rings. The van der Waals surface area contributed by atoms with Gasteiger partial charge in [-0.15, -0.1) is 0 Å². The molecule has 1 aromatic rings. The summed E-state index contributed by atoms with van der Waals surface area (Å²) in [5, 5.41) is 2.89. The highest BCUT2D eigenvalue weighted by molar-refractivity contribution is 5.96. The molecule has 1 amide bonds. The van der Waals surface area contributed by atoms with E-state index >= 15 is 0 Å². The molecule has 0 aromatic heterocycles. The summed E-state index contributed by atoms with van der Waals surface area (Å²) in [4.78, 5) is 11.9. The van der Waals surface area contributed by atoms with Gasteiger partial charge in [-0.3, -0.25) is 4.79 Å². The average Bonchev–Trinajstić information content (AvgIpc) is 2.42. The quantitative estimate of drug-likeness (QED) is 0.725. The van der Waals surface area contributed by atoms with E-state index in [0.29, 0.717) is 30.3 Å². The van der Waals surface area contributed by atoms with Gasteiger partial charge in [0.25, 0.3) is 5.91 Å². The minimum absolute atomic E-state index is 0.0900. The van der Waals surface area contributed by atoms with E-state index < -0.39 is 0 Å². The Morgan fingerprint density at radius 1 is 1.44 bits per heavy atom. The Kier molecular flexibility index (Phi) is 6.22. The summed E-state index contributed by atoms with van der Waals surface area (Å²) >= 11 is 0. The number of hydrogen-bond acceptors (Lipinski definition) is 3. The molecule has 0 heterocycles. The number of ether oxygens (including phenoxy) is 1. The summed E-state index contributed by atoms with van der Waals surface area (Å²) in [6, 6.07) is 7.22. The molecule has 100 valence electrons. The molecular formula is C14H22N2O2. The van der Waals surface area contributed by atoms with Crippen LogP contribution in [-0.2, 0) is 0 Å². The van der Waals surface area contributed by atoms with Crippen molar-refractivity contribution in [1.82, 2.24) is 5.32 Å². The van der Waals surface area contributed by atoms with Crippen LogP contribution in [0.1, 0.15) is 30.1 Å². The molecule has 1 unspecified atom stereocenters. The van der Waals surface area contributed by atoms with Crippen LogP contribution in [0.4, 0.5) is 0 Å². The van der Waals surface area contributed by atoms with Crippen LogP contribution in [0.25, 0.3) is 0 Å². The molecule has 0 fully saturated rings. The van der Waals surface area contributed by atoms with Crippen LogP contribution in [0.2, 0.25) is 0 Å². The highest BCUT2D eigenvalue weighted by Crippen LogP contribution is 2.16. The highest BCUT2D eigenvalue weighted by atomic mass is 16.5. The lowest BCUT2D eigenvalue weighted by Gasteiger charge is -2.10. The topological polar surface area (TPSA) is 64.3 Å². The number of nitrogens with one attached hydrogen (secondary N) is 1. The SMILES string of the molecule is COc1ccccc1C(=O)NCCCC(C)CN. The maximum atomic E-state index is 11.9. The fourth-order valence-corrected chi connectivity index (χ4v) is 1.70. The maximum absolute atomic E-state index is 11.9. The number of carbonyl (C=O) groups is 1. The van der Waals surface area contributed by atoms with Gasteiger partial charge in [0, 0.05) is 6.54 Å². The monoisotopic (exact) mass is 250 g/mol.